The van der Waals surface area contributed by atoms with Crippen molar-refractivity contribution >= 4 is 11.6 Å². The summed E-state index contributed by atoms with van der Waals surface area (Å²) in [6.45, 7) is 7.02. The molecule has 110 valence electrons. The molecule has 1 amide bonds. The third-order valence-electron chi connectivity index (χ3n) is 2.72. The van der Waals surface area contributed by atoms with Crippen LogP contribution in [0.25, 0.3) is 0 Å². The van der Waals surface area contributed by atoms with Crippen LogP contribution >= 0.6 is 0 Å². The molecule has 0 bridgehead atoms. The van der Waals surface area contributed by atoms with E-state index < -0.39 is 0 Å². The van der Waals surface area contributed by atoms with Gasteiger partial charge in [0.15, 0.2) is 6.29 Å². The fourth-order valence-corrected chi connectivity index (χ4v) is 1.75. The molecule has 5 heteroatoms. The van der Waals surface area contributed by atoms with E-state index in [4.69, 9.17) is 14.2 Å². The summed E-state index contributed by atoms with van der Waals surface area (Å²) in [5.74, 6) is -0.166. The van der Waals surface area contributed by atoms with Gasteiger partial charge in [-0.2, -0.15) is 0 Å². The number of ether oxygens (including phenoxy) is 3. The van der Waals surface area contributed by atoms with Crippen LogP contribution in [-0.4, -0.2) is 31.3 Å². The van der Waals surface area contributed by atoms with Crippen molar-refractivity contribution in [1.29, 1.82) is 0 Å². The Labute approximate surface area is 119 Å². The normalized spacial score (nSPS) is 16.4. The van der Waals surface area contributed by atoms with Crippen LogP contribution in [0.4, 0.5) is 5.69 Å². The molecule has 1 aliphatic rings. The van der Waals surface area contributed by atoms with E-state index in [0.29, 0.717) is 13.2 Å². The van der Waals surface area contributed by atoms with Gasteiger partial charge in [0.1, 0.15) is 6.61 Å². The van der Waals surface area contributed by atoms with Gasteiger partial charge in [0.2, 0.25) is 5.91 Å². The first-order valence-electron chi connectivity index (χ1n) is 6.71. The first-order chi connectivity index (χ1) is 9.44. The summed E-state index contributed by atoms with van der Waals surface area (Å²) >= 11 is 0. The summed E-state index contributed by atoms with van der Waals surface area (Å²) in [4.78, 5) is 11.7. The van der Waals surface area contributed by atoms with Gasteiger partial charge < -0.3 is 19.5 Å². The number of hydrogen-bond donors (Lipinski definition) is 1. The van der Waals surface area contributed by atoms with E-state index in [2.05, 4.69) is 5.32 Å². The molecule has 1 heterocycles. The zero-order valence-corrected chi connectivity index (χ0v) is 12.1. The van der Waals surface area contributed by atoms with Gasteiger partial charge in [0.25, 0.3) is 0 Å². The van der Waals surface area contributed by atoms with Crippen molar-refractivity contribution in [3.63, 3.8) is 0 Å². The zero-order chi connectivity index (χ0) is 14.6. The predicted octanol–water partition coefficient (Wildman–Crippen LogP) is 2.49. The van der Waals surface area contributed by atoms with E-state index in [-0.39, 0.29) is 24.4 Å². The van der Waals surface area contributed by atoms with Gasteiger partial charge in [-0.05, 0) is 32.9 Å². The van der Waals surface area contributed by atoms with Crippen molar-refractivity contribution in [2.24, 2.45) is 0 Å². The predicted molar refractivity (Wildman–Crippen MR) is 75.4 cm³/mol. The summed E-state index contributed by atoms with van der Waals surface area (Å²) in [7, 11) is 0. The Kier molecular flexibility index (Phi) is 4.75. The maximum absolute atomic E-state index is 11.7. The lowest BCUT2D eigenvalue weighted by atomic mass is 10.2. The van der Waals surface area contributed by atoms with Gasteiger partial charge in [-0.3, -0.25) is 4.79 Å². The van der Waals surface area contributed by atoms with Gasteiger partial charge in [-0.1, -0.05) is 12.1 Å². The van der Waals surface area contributed by atoms with Crippen molar-refractivity contribution in [2.45, 2.75) is 32.7 Å². The van der Waals surface area contributed by atoms with E-state index >= 15 is 0 Å². The lowest BCUT2D eigenvalue weighted by Gasteiger charge is -2.19. The standard InChI is InChI=1S/C15H21NO4/c1-15(2,3)20-10-13(17)16-12-6-4-11(5-7-12)14-18-8-9-19-14/h4-7,14H,8-10H2,1-3H3,(H,16,17). The lowest BCUT2D eigenvalue weighted by Crippen LogP contribution is -2.27. The first-order valence-corrected chi connectivity index (χ1v) is 6.71. The van der Waals surface area contributed by atoms with Crippen LogP contribution in [-0.2, 0) is 19.0 Å². The van der Waals surface area contributed by atoms with Crippen molar-refractivity contribution in [1.82, 2.24) is 0 Å². The minimum absolute atomic E-state index is 0.0418. The molecule has 0 spiro atoms. The van der Waals surface area contributed by atoms with E-state index in [1.54, 1.807) is 0 Å². The van der Waals surface area contributed by atoms with Crippen LogP contribution in [0.3, 0.4) is 0 Å². The number of amides is 1. The minimum atomic E-state index is -0.321. The second kappa shape index (κ2) is 6.35. The van der Waals surface area contributed by atoms with Crippen LogP contribution in [0.1, 0.15) is 32.6 Å². The molecule has 0 radical (unpaired) electrons. The van der Waals surface area contributed by atoms with E-state index in [1.807, 2.05) is 45.0 Å². The number of anilines is 1. The Morgan fingerprint density at radius 3 is 2.40 bits per heavy atom. The number of carbonyl (C=O) groups excluding carboxylic acids is 1. The zero-order valence-electron chi connectivity index (χ0n) is 12.1. The van der Waals surface area contributed by atoms with Crippen molar-refractivity contribution in [3.05, 3.63) is 29.8 Å². The highest BCUT2D eigenvalue weighted by Crippen LogP contribution is 2.24. The van der Waals surface area contributed by atoms with Crippen molar-refractivity contribution < 1.29 is 19.0 Å². The van der Waals surface area contributed by atoms with Crippen LogP contribution in [0.15, 0.2) is 24.3 Å². The van der Waals surface area contributed by atoms with E-state index in [1.165, 1.54) is 0 Å². The van der Waals surface area contributed by atoms with Crippen LogP contribution in [0.5, 0.6) is 0 Å². The molecule has 0 atom stereocenters. The van der Waals surface area contributed by atoms with Crippen molar-refractivity contribution in [2.75, 3.05) is 25.1 Å². The third kappa shape index (κ3) is 4.59. The topological polar surface area (TPSA) is 56.8 Å². The highest BCUT2D eigenvalue weighted by atomic mass is 16.7. The highest BCUT2D eigenvalue weighted by Gasteiger charge is 2.18. The molecule has 1 saturated heterocycles. The molecule has 1 aromatic carbocycles. The lowest BCUT2D eigenvalue weighted by molar-refractivity contribution is -0.125. The van der Waals surface area contributed by atoms with Gasteiger partial charge >= 0.3 is 0 Å². The largest absolute Gasteiger partial charge is 0.366 e. The Morgan fingerprint density at radius 1 is 1.25 bits per heavy atom. The summed E-state index contributed by atoms with van der Waals surface area (Å²) < 4.78 is 16.2. The van der Waals surface area contributed by atoms with E-state index in [9.17, 15) is 4.79 Å². The van der Waals surface area contributed by atoms with Crippen LogP contribution in [0.2, 0.25) is 0 Å². The second-order valence-electron chi connectivity index (χ2n) is 5.64. The molecule has 1 fully saturated rings. The summed E-state index contributed by atoms with van der Waals surface area (Å²) in [5.41, 5.74) is 1.36. The number of carbonyl (C=O) groups is 1. The molecule has 0 saturated carbocycles. The van der Waals surface area contributed by atoms with Crippen molar-refractivity contribution in [3.8, 4) is 0 Å². The molecule has 20 heavy (non-hydrogen) atoms. The van der Waals surface area contributed by atoms with E-state index in [0.717, 1.165) is 11.3 Å². The Morgan fingerprint density at radius 2 is 1.85 bits per heavy atom. The summed E-state index contributed by atoms with van der Waals surface area (Å²) in [6, 6.07) is 7.43. The monoisotopic (exact) mass is 279 g/mol. The highest BCUT2D eigenvalue weighted by molar-refractivity contribution is 5.91. The molecule has 0 unspecified atom stereocenters. The van der Waals surface area contributed by atoms with Gasteiger partial charge in [-0.15, -0.1) is 0 Å². The summed E-state index contributed by atoms with van der Waals surface area (Å²) in [5, 5.41) is 2.79. The molecule has 0 aromatic heterocycles. The minimum Gasteiger partial charge on any atom is -0.366 e. The Balaban J connectivity index is 1.85. The van der Waals surface area contributed by atoms with Gasteiger partial charge in [0.05, 0.1) is 18.8 Å². The molecule has 1 aromatic rings. The molecule has 1 N–H and O–H groups in total. The van der Waals surface area contributed by atoms with Gasteiger partial charge in [0, 0.05) is 11.3 Å². The SMILES string of the molecule is CC(C)(C)OCC(=O)Nc1ccc(C2OCCO2)cc1. The fraction of sp³-hybridized carbons (Fsp3) is 0.533. The average molecular weight is 279 g/mol. The quantitative estimate of drug-likeness (QED) is 0.920. The summed E-state index contributed by atoms with van der Waals surface area (Å²) in [6.07, 6.45) is -0.288. The number of rotatable bonds is 4. The Hall–Kier alpha value is -1.43. The molecule has 2 rings (SSSR count). The Bertz CT molecular complexity index is 444. The molecular weight excluding hydrogens is 258 g/mol. The molecule has 1 aliphatic heterocycles. The number of nitrogens with one attached hydrogen (secondary N) is 1. The van der Waals surface area contributed by atoms with Gasteiger partial charge in [-0.25, -0.2) is 0 Å². The maximum Gasteiger partial charge on any atom is 0.250 e. The number of benzene rings is 1. The average Bonchev–Trinajstić information content (AvgIpc) is 2.90. The fourth-order valence-electron chi connectivity index (χ4n) is 1.75. The second-order valence-corrected chi connectivity index (χ2v) is 5.64. The maximum atomic E-state index is 11.7. The molecular formula is C15H21NO4. The first kappa shape index (κ1) is 15.0. The van der Waals surface area contributed by atoms with Crippen LogP contribution in [0, 0.1) is 0 Å². The third-order valence-corrected chi connectivity index (χ3v) is 2.72. The van der Waals surface area contributed by atoms with Crippen LogP contribution < -0.4 is 5.32 Å². The molecule has 0 aliphatic carbocycles. The molecule has 5 nitrogen and oxygen atoms in total. The smallest absolute Gasteiger partial charge is 0.250 e. The number of hydrogen-bond acceptors (Lipinski definition) is 4.